The number of carbonyl (C=O) groups excluding carboxylic acids is 1. The third kappa shape index (κ3) is 38.5. The SMILES string of the molecule is CCCCCCCCCCCCCCCCCC(CCCCCCCCCCCCCCCCC)OC(=O)CC(O)CC(O)CO[P+](=O)[O-]. The summed E-state index contributed by atoms with van der Waals surface area (Å²) in [5.41, 5.74) is 0. The van der Waals surface area contributed by atoms with E-state index in [1.807, 2.05) is 0 Å². The highest BCUT2D eigenvalue weighted by Gasteiger charge is 2.21. The largest absolute Gasteiger partial charge is 0.566 e. The van der Waals surface area contributed by atoms with Crippen LogP contribution in [0.15, 0.2) is 0 Å². The minimum Gasteiger partial charge on any atom is -0.566 e. The van der Waals surface area contributed by atoms with E-state index in [9.17, 15) is 24.5 Å². The Balaban J connectivity index is 4.19. The molecule has 3 unspecified atom stereocenters. The number of carbonyl (C=O) groups is 1. The van der Waals surface area contributed by atoms with Gasteiger partial charge in [0.15, 0.2) is 0 Å². The minimum atomic E-state index is -3.06. The number of hydrogen-bond donors (Lipinski definition) is 2. The van der Waals surface area contributed by atoms with Crippen molar-refractivity contribution in [2.24, 2.45) is 0 Å². The average molecular weight is 717 g/mol. The van der Waals surface area contributed by atoms with Crippen LogP contribution in [-0.4, -0.2) is 41.1 Å². The predicted octanol–water partition coefficient (Wildman–Crippen LogP) is 12.0. The van der Waals surface area contributed by atoms with Crippen molar-refractivity contribution in [3.8, 4) is 0 Å². The van der Waals surface area contributed by atoms with Gasteiger partial charge in [-0.25, -0.2) is 0 Å². The van der Waals surface area contributed by atoms with E-state index in [0.717, 1.165) is 38.5 Å². The Morgan fingerprint density at radius 2 is 0.837 bits per heavy atom. The number of aliphatic hydroxyl groups excluding tert-OH is 2. The molecule has 0 heterocycles. The molecule has 0 aliphatic carbocycles. The molecule has 0 amide bonds. The standard InChI is InChI=1S/C41H81O7P/c1-3-5-7-9-11-13-15-17-19-21-23-25-27-29-31-33-40(48-41(44)36-38(42)35-39(43)37-47-49(45)46)34-32-30-28-26-24-22-20-18-16-14-12-10-8-6-4-2/h38-40,42-43H,3-37H2,1-2H3. The van der Waals surface area contributed by atoms with Gasteiger partial charge in [0.1, 0.15) is 12.7 Å². The Labute approximate surface area is 304 Å². The number of hydrogen-bond acceptors (Lipinski definition) is 7. The number of unbranched alkanes of at least 4 members (excludes halogenated alkanes) is 28. The van der Waals surface area contributed by atoms with Crippen LogP contribution in [0.3, 0.4) is 0 Å². The molecule has 0 saturated heterocycles. The van der Waals surface area contributed by atoms with E-state index in [2.05, 4.69) is 18.4 Å². The second kappa shape index (κ2) is 38.6. The summed E-state index contributed by atoms with van der Waals surface area (Å²) in [6.07, 6.45) is 38.6. The quantitative estimate of drug-likeness (QED) is 0.0368. The maximum atomic E-state index is 12.6. The van der Waals surface area contributed by atoms with Gasteiger partial charge in [-0.3, -0.25) is 4.79 Å². The lowest BCUT2D eigenvalue weighted by Gasteiger charge is -2.20. The van der Waals surface area contributed by atoms with Gasteiger partial charge in [-0.05, 0) is 30.2 Å². The summed E-state index contributed by atoms with van der Waals surface area (Å²) in [5.74, 6) is -0.456. The zero-order valence-electron chi connectivity index (χ0n) is 32.4. The molecular formula is C41H81O7P. The van der Waals surface area contributed by atoms with E-state index in [4.69, 9.17) is 4.74 Å². The van der Waals surface area contributed by atoms with Crippen LogP contribution in [0.5, 0.6) is 0 Å². The lowest BCUT2D eigenvalue weighted by molar-refractivity contribution is -0.187. The molecular weight excluding hydrogens is 635 g/mol. The van der Waals surface area contributed by atoms with Crippen LogP contribution in [0.1, 0.15) is 232 Å². The third-order valence-electron chi connectivity index (χ3n) is 9.88. The molecule has 292 valence electrons. The highest BCUT2D eigenvalue weighted by atomic mass is 31.1. The van der Waals surface area contributed by atoms with Crippen LogP contribution in [0.25, 0.3) is 0 Å². The molecule has 0 aliphatic heterocycles. The Morgan fingerprint density at radius 1 is 0.531 bits per heavy atom. The fourth-order valence-corrected chi connectivity index (χ4v) is 7.08. The number of rotatable bonds is 40. The summed E-state index contributed by atoms with van der Waals surface area (Å²) in [6, 6.07) is 0. The zero-order valence-corrected chi connectivity index (χ0v) is 33.3. The molecule has 0 bridgehead atoms. The minimum absolute atomic E-state index is 0.138. The van der Waals surface area contributed by atoms with Crippen molar-refractivity contribution in [3.63, 3.8) is 0 Å². The van der Waals surface area contributed by atoms with Gasteiger partial charge in [-0.2, -0.15) is 0 Å². The lowest BCUT2D eigenvalue weighted by atomic mass is 10.0. The summed E-state index contributed by atoms with van der Waals surface area (Å²) in [6.45, 7) is 4.12. The van der Waals surface area contributed by atoms with Crippen LogP contribution in [0.2, 0.25) is 0 Å². The Kier molecular flexibility index (Phi) is 38.2. The van der Waals surface area contributed by atoms with Crippen LogP contribution in [0.4, 0.5) is 0 Å². The lowest BCUT2D eigenvalue weighted by Crippen LogP contribution is -2.26. The average Bonchev–Trinajstić information content (AvgIpc) is 3.07. The maximum absolute atomic E-state index is 12.6. The van der Waals surface area contributed by atoms with Gasteiger partial charge >= 0.3 is 14.2 Å². The van der Waals surface area contributed by atoms with E-state index in [1.165, 1.54) is 167 Å². The first-order valence-electron chi connectivity index (χ1n) is 21.2. The predicted molar refractivity (Wildman–Crippen MR) is 204 cm³/mol. The molecule has 0 saturated carbocycles. The molecule has 0 aliphatic rings. The molecule has 0 fully saturated rings. The first kappa shape index (κ1) is 48.4. The molecule has 0 spiro atoms. The molecule has 8 heteroatoms. The highest BCUT2D eigenvalue weighted by Crippen LogP contribution is 2.20. The van der Waals surface area contributed by atoms with Crippen LogP contribution in [-0.2, 0) is 18.6 Å². The number of ether oxygens (including phenoxy) is 1. The second-order valence-electron chi connectivity index (χ2n) is 14.9. The van der Waals surface area contributed by atoms with Gasteiger partial charge in [0.2, 0.25) is 0 Å². The second-order valence-corrected chi connectivity index (χ2v) is 15.6. The van der Waals surface area contributed by atoms with Crippen LogP contribution >= 0.6 is 8.25 Å². The van der Waals surface area contributed by atoms with Gasteiger partial charge in [-0.15, -0.1) is 4.52 Å². The Bertz CT molecular complexity index is 673. The monoisotopic (exact) mass is 717 g/mol. The van der Waals surface area contributed by atoms with Crippen molar-refractivity contribution in [3.05, 3.63) is 0 Å². The summed E-state index contributed by atoms with van der Waals surface area (Å²) in [4.78, 5) is 23.2. The molecule has 0 aromatic rings. The van der Waals surface area contributed by atoms with Crippen LogP contribution < -0.4 is 4.89 Å². The van der Waals surface area contributed by atoms with Gasteiger partial charge in [0, 0.05) is 6.42 Å². The first-order valence-corrected chi connectivity index (χ1v) is 22.3. The molecule has 0 rings (SSSR count). The molecule has 2 N–H and O–H groups in total. The molecule has 0 aromatic heterocycles. The van der Waals surface area contributed by atoms with E-state index in [0.29, 0.717) is 0 Å². The Morgan fingerprint density at radius 3 is 1.14 bits per heavy atom. The number of aliphatic hydroxyl groups is 2. The summed E-state index contributed by atoms with van der Waals surface area (Å²) in [5, 5.41) is 20.1. The topological polar surface area (TPSA) is 116 Å². The number of esters is 1. The zero-order chi connectivity index (χ0) is 36.0. The van der Waals surface area contributed by atoms with Gasteiger partial charge in [0.05, 0.1) is 18.6 Å². The van der Waals surface area contributed by atoms with Crippen molar-refractivity contribution in [2.45, 2.75) is 250 Å². The van der Waals surface area contributed by atoms with Crippen molar-refractivity contribution < 1.29 is 33.7 Å². The fourth-order valence-electron chi connectivity index (χ4n) is 6.79. The smallest absolute Gasteiger partial charge is 0.488 e. The normalized spacial score (nSPS) is 13.2. The molecule has 0 aromatic carbocycles. The summed E-state index contributed by atoms with van der Waals surface area (Å²) < 4.78 is 20.8. The van der Waals surface area contributed by atoms with Gasteiger partial charge in [-0.1, -0.05) is 194 Å². The summed E-state index contributed by atoms with van der Waals surface area (Å²) >= 11 is 0. The van der Waals surface area contributed by atoms with E-state index in [1.54, 1.807) is 0 Å². The van der Waals surface area contributed by atoms with E-state index in [-0.39, 0.29) is 18.9 Å². The van der Waals surface area contributed by atoms with Gasteiger partial charge in [0.25, 0.3) is 0 Å². The van der Waals surface area contributed by atoms with E-state index < -0.39 is 33.0 Å². The third-order valence-corrected chi connectivity index (χ3v) is 10.2. The molecule has 0 radical (unpaired) electrons. The van der Waals surface area contributed by atoms with Crippen molar-refractivity contribution in [1.82, 2.24) is 0 Å². The first-order chi connectivity index (χ1) is 23.9. The van der Waals surface area contributed by atoms with Crippen molar-refractivity contribution in [1.29, 1.82) is 0 Å². The molecule has 7 nitrogen and oxygen atoms in total. The van der Waals surface area contributed by atoms with Gasteiger partial charge < -0.3 is 19.8 Å². The molecule has 49 heavy (non-hydrogen) atoms. The van der Waals surface area contributed by atoms with Crippen molar-refractivity contribution >= 4 is 14.2 Å². The Hall–Kier alpha value is -0.590. The van der Waals surface area contributed by atoms with E-state index >= 15 is 0 Å². The fraction of sp³-hybridized carbons (Fsp3) is 0.976. The maximum Gasteiger partial charge on any atom is 0.488 e. The van der Waals surface area contributed by atoms with Crippen molar-refractivity contribution in [2.75, 3.05) is 6.61 Å². The van der Waals surface area contributed by atoms with Crippen LogP contribution in [0, 0.1) is 0 Å². The summed E-state index contributed by atoms with van der Waals surface area (Å²) in [7, 11) is -3.06. The molecule has 3 atom stereocenters. The highest BCUT2D eigenvalue weighted by molar-refractivity contribution is 7.30.